The van der Waals surface area contributed by atoms with Crippen molar-refractivity contribution in [3.8, 4) is 5.75 Å². The van der Waals surface area contributed by atoms with Gasteiger partial charge in [0.15, 0.2) is 6.61 Å². The molecule has 1 aromatic heterocycles. The van der Waals surface area contributed by atoms with E-state index in [4.69, 9.17) is 4.74 Å². The average molecular weight is 353 g/mol. The van der Waals surface area contributed by atoms with Crippen LogP contribution in [0.1, 0.15) is 12.2 Å². The van der Waals surface area contributed by atoms with E-state index in [0.717, 1.165) is 18.7 Å². The summed E-state index contributed by atoms with van der Waals surface area (Å²) in [7, 11) is 0. The normalized spacial score (nSPS) is 12.8. The lowest BCUT2D eigenvalue weighted by atomic mass is 10.2. The second-order valence-electron chi connectivity index (χ2n) is 6.11. The van der Waals surface area contributed by atoms with Crippen LogP contribution in [0, 0.1) is 5.82 Å². The zero-order valence-corrected chi connectivity index (χ0v) is 13.9. The monoisotopic (exact) mass is 353 g/mol. The molecule has 0 spiro atoms. The molecule has 0 aliphatic carbocycles. The lowest BCUT2D eigenvalue weighted by molar-refractivity contribution is -0.118. The third kappa shape index (κ3) is 3.15. The maximum Gasteiger partial charge on any atom is 0.262 e. The molecule has 0 radical (unpaired) electrons. The smallest absolute Gasteiger partial charge is 0.262 e. The van der Waals surface area contributed by atoms with Gasteiger partial charge in [0.05, 0.1) is 10.9 Å². The van der Waals surface area contributed by atoms with Crippen molar-refractivity contribution >= 4 is 22.5 Å². The Morgan fingerprint density at radius 2 is 2.04 bits per heavy atom. The first-order valence-electron chi connectivity index (χ1n) is 8.32. The molecule has 1 aliphatic heterocycles. The number of fused-ring (bicyclic) bond motifs is 2. The number of aryl methyl sites for hydroxylation is 1. The van der Waals surface area contributed by atoms with Gasteiger partial charge in [-0.2, -0.15) is 0 Å². The molecule has 26 heavy (non-hydrogen) atoms. The lowest BCUT2D eigenvalue weighted by Gasteiger charge is -2.09. The van der Waals surface area contributed by atoms with Gasteiger partial charge in [-0.15, -0.1) is 0 Å². The molecule has 132 valence electrons. The number of carbonyl (C=O) groups excluding carboxylic acids is 1. The first-order chi connectivity index (χ1) is 12.6. The minimum absolute atomic E-state index is 0.0799. The number of aromatic nitrogens is 2. The summed E-state index contributed by atoms with van der Waals surface area (Å²) in [5, 5.41) is 3.09. The predicted molar refractivity (Wildman–Crippen MR) is 94.8 cm³/mol. The van der Waals surface area contributed by atoms with Crippen LogP contribution in [0.25, 0.3) is 10.9 Å². The highest BCUT2D eigenvalue weighted by atomic mass is 19.1. The number of rotatable bonds is 4. The molecule has 1 amide bonds. The number of benzene rings is 2. The van der Waals surface area contributed by atoms with Crippen molar-refractivity contribution in [2.24, 2.45) is 0 Å². The highest BCUT2D eigenvalue weighted by Crippen LogP contribution is 2.20. The van der Waals surface area contributed by atoms with Crippen molar-refractivity contribution in [2.75, 3.05) is 11.9 Å². The van der Waals surface area contributed by atoms with Crippen LogP contribution in [-0.2, 0) is 17.8 Å². The molecule has 6 nitrogen and oxygen atoms in total. The van der Waals surface area contributed by atoms with E-state index in [1.165, 1.54) is 24.3 Å². The van der Waals surface area contributed by atoms with Gasteiger partial charge in [-0.1, -0.05) is 0 Å². The Morgan fingerprint density at radius 1 is 1.23 bits per heavy atom. The molecule has 0 saturated heterocycles. The van der Waals surface area contributed by atoms with Crippen LogP contribution in [0.4, 0.5) is 10.1 Å². The molecule has 0 unspecified atom stereocenters. The maximum absolute atomic E-state index is 12.9. The first-order valence-corrected chi connectivity index (χ1v) is 8.32. The summed E-state index contributed by atoms with van der Waals surface area (Å²) in [5.74, 6) is 0.487. The molecule has 1 aliphatic rings. The molecule has 7 heteroatoms. The number of hydrogen-bond acceptors (Lipinski definition) is 4. The van der Waals surface area contributed by atoms with Crippen LogP contribution in [0.15, 0.2) is 47.3 Å². The molecule has 0 saturated carbocycles. The average Bonchev–Trinajstić information content (AvgIpc) is 3.11. The van der Waals surface area contributed by atoms with Crippen LogP contribution < -0.4 is 15.6 Å². The summed E-state index contributed by atoms with van der Waals surface area (Å²) >= 11 is 0. The van der Waals surface area contributed by atoms with Gasteiger partial charge < -0.3 is 10.1 Å². The van der Waals surface area contributed by atoms with Crippen molar-refractivity contribution in [2.45, 2.75) is 19.4 Å². The Kier molecular flexibility index (Phi) is 4.12. The quantitative estimate of drug-likeness (QED) is 0.782. The van der Waals surface area contributed by atoms with Crippen LogP contribution in [0.2, 0.25) is 0 Å². The summed E-state index contributed by atoms with van der Waals surface area (Å²) in [6.45, 7) is 0.463. The molecule has 1 N–H and O–H groups in total. The minimum atomic E-state index is -0.375. The van der Waals surface area contributed by atoms with E-state index in [2.05, 4.69) is 10.3 Å². The second kappa shape index (κ2) is 6.59. The number of hydrogen-bond donors (Lipinski definition) is 1. The van der Waals surface area contributed by atoms with Gasteiger partial charge in [0.1, 0.15) is 17.4 Å². The standard InChI is InChI=1S/C19H16FN3O3/c20-12-3-5-13(6-4-12)21-18(24)11-26-14-7-8-16-15(10-14)19(25)23-9-1-2-17(23)22-16/h3-8,10H,1-2,9,11H2,(H,21,24). The van der Waals surface area contributed by atoms with E-state index < -0.39 is 0 Å². The molecule has 2 heterocycles. The summed E-state index contributed by atoms with van der Waals surface area (Å²) in [4.78, 5) is 29.0. The van der Waals surface area contributed by atoms with Crippen molar-refractivity contribution in [3.05, 3.63) is 64.5 Å². The van der Waals surface area contributed by atoms with E-state index in [-0.39, 0.29) is 23.9 Å². The van der Waals surface area contributed by atoms with E-state index in [0.29, 0.717) is 28.9 Å². The molecule has 0 atom stereocenters. The summed E-state index contributed by atoms with van der Waals surface area (Å²) in [5.41, 5.74) is 1.03. The van der Waals surface area contributed by atoms with Crippen LogP contribution >= 0.6 is 0 Å². The fourth-order valence-corrected chi connectivity index (χ4v) is 3.03. The highest BCUT2D eigenvalue weighted by molar-refractivity contribution is 5.91. The molecule has 3 aromatic rings. The Balaban J connectivity index is 1.48. The molecule has 4 rings (SSSR count). The van der Waals surface area contributed by atoms with E-state index >= 15 is 0 Å². The summed E-state index contributed by atoms with van der Waals surface area (Å²) in [6, 6.07) is 10.5. The van der Waals surface area contributed by atoms with Gasteiger partial charge in [0.2, 0.25) is 0 Å². The van der Waals surface area contributed by atoms with Gasteiger partial charge in [0, 0.05) is 18.7 Å². The van der Waals surface area contributed by atoms with Crippen molar-refractivity contribution in [3.63, 3.8) is 0 Å². The van der Waals surface area contributed by atoms with Gasteiger partial charge in [0.25, 0.3) is 11.5 Å². The van der Waals surface area contributed by atoms with E-state index in [1.54, 1.807) is 22.8 Å². The molecule has 0 fully saturated rings. The Bertz CT molecular complexity index is 1040. The van der Waals surface area contributed by atoms with Crippen molar-refractivity contribution in [1.29, 1.82) is 0 Å². The van der Waals surface area contributed by atoms with Crippen LogP contribution in [-0.4, -0.2) is 22.1 Å². The number of amides is 1. The van der Waals surface area contributed by atoms with Gasteiger partial charge in [-0.3, -0.25) is 14.2 Å². The zero-order valence-electron chi connectivity index (χ0n) is 13.9. The van der Waals surface area contributed by atoms with E-state index in [9.17, 15) is 14.0 Å². The summed E-state index contributed by atoms with van der Waals surface area (Å²) in [6.07, 6.45) is 1.73. The molecule has 2 aromatic carbocycles. The Morgan fingerprint density at radius 3 is 2.85 bits per heavy atom. The van der Waals surface area contributed by atoms with E-state index in [1.807, 2.05) is 0 Å². The Labute approximate surface area is 148 Å². The topological polar surface area (TPSA) is 73.2 Å². The third-order valence-electron chi connectivity index (χ3n) is 4.28. The number of ether oxygens (including phenoxy) is 1. The van der Waals surface area contributed by atoms with Crippen molar-refractivity contribution in [1.82, 2.24) is 9.55 Å². The van der Waals surface area contributed by atoms with Crippen LogP contribution in [0.5, 0.6) is 5.75 Å². The Hall–Kier alpha value is -3.22. The minimum Gasteiger partial charge on any atom is -0.484 e. The number of nitrogens with one attached hydrogen (secondary N) is 1. The van der Waals surface area contributed by atoms with Crippen LogP contribution in [0.3, 0.4) is 0 Å². The molecular formula is C19H16FN3O3. The highest BCUT2D eigenvalue weighted by Gasteiger charge is 2.16. The molecule has 0 bridgehead atoms. The summed E-state index contributed by atoms with van der Waals surface area (Å²) < 4.78 is 20.0. The van der Waals surface area contributed by atoms with Gasteiger partial charge in [-0.25, -0.2) is 9.37 Å². The first kappa shape index (κ1) is 16.3. The maximum atomic E-state index is 12.9. The fraction of sp³-hybridized carbons (Fsp3) is 0.211. The number of carbonyl (C=O) groups is 1. The molecular weight excluding hydrogens is 337 g/mol. The van der Waals surface area contributed by atoms with Gasteiger partial charge in [-0.05, 0) is 48.9 Å². The third-order valence-corrected chi connectivity index (χ3v) is 4.28. The largest absolute Gasteiger partial charge is 0.484 e. The fourth-order valence-electron chi connectivity index (χ4n) is 3.03. The van der Waals surface area contributed by atoms with Gasteiger partial charge >= 0.3 is 0 Å². The number of halogens is 1. The SMILES string of the molecule is O=C(COc1ccc2nc3n(c(=O)c2c1)CCC3)Nc1ccc(F)cc1. The number of anilines is 1. The lowest BCUT2D eigenvalue weighted by Crippen LogP contribution is -2.22. The predicted octanol–water partition coefficient (Wildman–Crippen LogP) is 2.50. The van der Waals surface area contributed by atoms with Crippen molar-refractivity contribution < 1.29 is 13.9 Å². The second-order valence-corrected chi connectivity index (χ2v) is 6.11. The zero-order chi connectivity index (χ0) is 18.1. The number of nitrogens with zero attached hydrogens (tertiary/aromatic N) is 2.